The van der Waals surface area contributed by atoms with E-state index < -0.39 is 9.84 Å². The summed E-state index contributed by atoms with van der Waals surface area (Å²) in [7, 11) is -1.33. The molecule has 78 valence electrons. The standard InChI is InChI=1S/C8H12N2O3S/c1-10-4-3-7-6(5-10)8(13-9-7)14(2,11)12/h3-5H2,1-2H3. The Labute approximate surface area is 82.6 Å². The predicted octanol–water partition coefficient (Wildman–Crippen LogP) is 0.0660. The van der Waals surface area contributed by atoms with Gasteiger partial charge >= 0.3 is 0 Å². The first-order valence-corrected chi connectivity index (χ1v) is 6.23. The Kier molecular flexibility index (Phi) is 2.11. The predicted molar refractivity (Wildman–Crippen MR) is 49.7 cm³/mol. The largest absolute Gasteiger partial charge is 0.344 e. The average Bonchev–Trinajstić information content (AvgIpc) is 2.45. The van der Waals surface area contributed by atoms with Gasteiger partial charge in [-0.25, -0.2) is 8.42 Å². The normalized spacial score (nSPS) is 18.1. The lowest BCUT2D eigenvalue weighted by Gasteiger charge is -2.20. The zero-order valence-corrected chi connectivity index (χ0v) is 8.97. The van der Waals surface area contributed by atoms with Crippen molar-refractivity contribution in [3.05, 3.63) is 11.3 Å². The van der Waals surface area contributed by atoms with Crippen LogP contribution in [0.15, 0.2) is 9.62 Å². The SMILES string of the molecule is CN1CCc2noc(S(C)(=O)=O)c2C1. The molecule has 0 aliphatic carbocycles. The lowest BCUT2D eigenvalue weighted by Crippen LogP contribution is -2.26. The summed E-state index contributed by atoms with van der Waals surface area (Å²) >= 11 is 0. The third kappa shape index (κ3) is 1.55. The fourth-order valence-electron chi connectivity index (χ4n) is 1.61. The van der Waals surface area contributed by atoms with E-state index in [0.717, 1.165) is 30.5 Å². The summed E-state index contributed by atoms with van der Waals surface area (Å²) in [4.78, 5) is 2.05. The zero-order chi connectivity index (χ0) is 10.3. The van der Waals surface area contributed by atoms with Crippen molar-refractivity contribution >= 4 is 9.84 Å². The van der Waals surface area contributed by atoms with Gasteiger partial charge in [0, 0.05) is 31.3 Å². The average molecular weight is 216 g/mol. The molecule has 14 heavy (non-hydrogen) atoms. The van der Waals surface area contributed by atoms with E-state index in [0.29, 0.717) is 6.54 Å². The quantitative estimate of drug-likeness (QED) is 0.664. The molecule has 0 bridgehead atoms. The van der Waals surface area contributed by atoms with Gasteiger partial charge in [0.15, 0.2) is 0 Å². The monoisotopic (exact) mass is 216 g/mol. The number of hydrogen-bond donors (Lipinski definition) is 0. The highest BCUT2D eigenvalue weighted by atomic mass is 32.2. The van der Waals surface area contributed by atoms with Gasteiger partial charge < -0.3 is 9.42 Å². The number of nitrogens with zero attached hydrogens (tertiary/aromatic N) is 2. The summed E-state index contributed by atoms with van der Waals surface area (Å²) in [5.41, 5.74) is 1.50. The Bertz CT molecular complexity index is 449. The van der Waals surface area contributed by atoms with Gasteiger partial charge in [0.05, 0.1) is 5.69 Å². The molecule has 2 rings (SSSR count). The first-order chi connectivity index (χ1) is 6.48. The summed E-state index contributed by atoms with van der Waals surface area (Å²) in [5.74, 6) is 0. The van der Waals surface area contributed by atoms with Gasteiger partial charge in [-0.3, -0.25) is 0 Å². The minimum Gasteiger partial charge on any atom is -0.344 e. The smallest absolute Gasteiger partial charge is 0.255 e. The Morgan fingerprint density at radius 3 is 2.86 bits per heavy atom. The highest BCUT2D eigenvalue weighted by Gasteiger charge is 2.27. The fraction of sp³-hybridized carbons (Fsp3) is 0.625. The van der Waals surface area contributed by atoms with Crippen molar-refractivity contribution in [1.82, 2.24) is 10.1 Å². The molecule has 2 heterocycles. The first kappa shape index (κ1) is 9.67. The van der Waals surface area contributed by atoms with Gasteiger partial charge in [0.25, 0.3) is 5.09 Å². The molecule has 0 atom stereocenters. The minimum atomic E-state index is -3.28. The molecule has 0 spiro atoms. The second-order valence-corrected chi connectivity index (χ2v) is 5.57. The zero-order valence-electron chi connectivity index (χ0n) is 8.15. The maximum Gasteiger partial charge on any atom is 0.255 e. The van der Waals surface area contributed by atoms with Crippen LogP contribution in [0.5, 0.6) is 0 Å². The molecule has 5 nitrogen and oxygen atoms in total. The molecule has 0 radical (unpaired) electrons. The summed E-state index contributed by atoms with van der Waals surface area (Å²) in [6, 6.07) is 0. The van der Waals surface area contributed by atoms with Crippen molar-refractivity contribution < 1.29 is 12.9 Å². The van der Waals surface area contributed by atoms with Gasteiger partial charge in [-0.05, 0) is 7.05 Å². The van der Waals surface area contributed by atoms with Crippen molar-refractivity contribution in [1.29, 1.82) is 0 Å². The topological polar surface area (TPSA) is 63.4 Å². The number of rotatable bonds is 1. The van der Waals surface area contributed by atoms with Gasteiger partial charge in [0.2, 0.25) is 9.84 Å². The molecule has 1 aliphatic rings. The van der Waals surface area contributed by atoms with Crippen LogP contribution in [0, 0.1) is 0 Å². The lowest BCUT2D eigenvalue weighted by molar-refractivity contribution is 0.307. The molecular weight excluding hydrogens is 204 g/mol. The highest BCUT2D eigenvalue weighted by Crippen LogP contribution is 2.24. The molecular formula is C8H12N2O3S. The van der Waals surface area contributed by atoms with Crippen LogP contribution >= 0.6 is 0 Å². The summed E-state index contributed by atoms with van der Waals surface area (Å²) in [6.45, 7) is 1.49. The van der Waals surface area contributed by atoms with Gasteiger partial charge in [-0.1, -0.05) is 5.16 Å². The van der Waals surface area contributed by atoms with Crippen LogP contribution in [0.4, 0.5) is 0 Å². The van der Waals surface area contributed by atoms with E-state index in [9.17, 15) is 8.42 Å². The number of hydrogen-bond acceptors (Lipinski definition) is 5. The van der Waals surface area contributed by atoms with E-state index in [4.69, 9.17) is 4.52 Å². The highest BCUT2D eigenvalue weighted by molar-refractivity contribution is 7.90. The van der Waals surface area contributed by atoms with Crippen LogP contribution in [0.25, 0.3) is 0 Å². The summed E-state index contributed by atoms with van der Waals surface area (Å²) < 4.78 is 27.5. The van der Waals surface area contributed by atoms with Crippen LogP contribution in [-0.2, 0) is 22.8 Å². The molecule has 0 saturated carbocycles. The van der Waals surface area contributed by atoms with E-state index in [-0.39, 0.29) is 5.09 Å². The first-order valence-electron chi connectivity index (χ1n) is 4.34. The number of likely N-dealkylation sites (N-methyl/N-ethyl adjacent to an activating group) is 1. The number of fused-ring (bicyclic) bond motifs is 1. The van der Waals surface area contributed by atoms with E-state index in [2.05, 4.69) is 5.16 Å². The maximum absolute atomic E-state index is 11.3. The van der Waals surface area contributed by atoms with E-state index >= 15 is 0 Å². The van der Waals surface area contributed by atoms with Crippen molar-refractivity contribution in [2.75, 3.05) is 19.8 Å². The van der Waals surface area contributed by atoms with Crippen LogP contribution in [0.1, 0.15) is 11.3 Å². The molecule has 1 aromatic rings. The third-order valence-electron chi connectivity index (χ3n) is 2.33. The molecule has 0 N–H and O–H groups in total. The van der Waals surface area contributed by atoms with Gasteiger partial charge in [-0.15, -0.1) is 0 Å². The van der Waals surface area contributed by atoms with E-state index in [1.807, 2.05) is 11.9 Å². The van der Waals surface area contributed by atoms with Crippen molar-refractivity contribution in [3.8, 4) is 0 Å². The summed E-state index contributed by atoms with van der Waals surface area (Å²) in [5, 5.41) is 3.80. The molecule has 1 aromatic heterocycles. The second kappa shape index (κ2) is 3.06. The van der Waals surface area contributed by atoms with Crippen molar-refractivity contribution in [2.45, 2.75) is 18.1 Å². The molecule has 6 heteroatoms. The van der Waals surface area contributed by atoms with Crippen LogP contribution in [0.2, 0.25) is 0 Å². The maximum atomic E-state index is 11.3. The van der Waals surface area contributed by atoms with Crippen molar-refractivity contribution in [2.24, 2.45) is 0 Å². The number of sulfone groups is 1. The minimum absolute atomic E-state index is 0.0269. The van der Waals surface area contributed by atoms with Gasteiger partial charge in [-0.2, -0.15) is 0 Å². The van der Waals surface area contributed by atoms with E-state index in [1.54, 1.807) is 0 Å². The number of aromatic nitrogens is 1. The van der Waals surface area contributed by atoms with Gasteiger partial charge in [0.1, 0.15) is 0 Å². The fourth-order valence-corrected chi connectivity index (χ4v) is 2.42. The molecule has 0 amide bonds. The van der Waals surface area contributed by atoms with Crippen LogP contribution < -0.4 is 0 Å². The Morgan fingerprint density at radius 2 is 2.21 bits per heavy atom. The van der Waals surface area contributed by atoms with Crippen molar-refractivity contribution in [3.63, 3.8) is 0 Å². The Hall–Kier alpha value is -0.880. The van der Waals surface area contributed by atoms with Crippen LogP contribution in [-0.4, -0.2) is 38.3 Å². The Morgan fingerprint density at radius 1 is 1.50 bits per heavy atom. The van der Waals surface area contributed by atoms with Crippen LogP contribution in [0.3, 0.4) is 0 Å². The van der Waals surface area contributed by atoms with E-state index in [1.165, 1.54) is 0 Å². The Balaban J connectivity index is 2.51. The summed E-state index contributed by atoms with van der Waals surface area (Å²) in [6.07, 6.45) is 1.90. The molecule has 0 saturated heterocycles. The third-order valence-corrected chi connectivity index (χ3v) is 3.32. The molecule has 0 fully saturated rings. The second-order valence-electron chi connectivity index (χ2n) is 3.66. The molecule has 0 aromatic carbocycles. The molecule has 1 aliphatic heterocycles. The molecule has 0 unspecified atom stereocenters. The lowest BCUT2D eigenvalue weighted by atomic mass is 10.1.